The van der Waals surface area contributed by atoms with Gasteiger partial charge in [-0.05, 0) is 37.4 Å². The molecule has 2 saturated heterocycles. The van der Waals surface area contributed by atoms with E-state index in [0.717, 1.165) is 26.1 Å². The Bertz CT molecular complexity index is 715. The van der Waals surface area contributed by atoms with Crippen molar-refractivity contribution in [1.29, 1.82) is 0 Å². The third-order valence-corrected chi connectivity index (χ3v) is 4.63. The molecule has 6 nitrogen and oxygen atoms in total. The normalized spacial score (nSPS) is 26.2. The summed E-state index contributed by atoms with van der Waals surface area (Å²) >= 11 is 0. The zero-order valence-corrected chi connectivity index (χ0v) is 12.7. The number of amides is 1. The molecule has 0 saturated carbocycles. The molecule has 1 unspecified atom stereocenters. The van der Waals surface area contributed by atoms with Gasteiger partial charge in [0.05, 0.1) is 6.20 Å². The van der Waals surface area contributed by atoms with Crippen LogP contribution in [0.5, 0.6) is 5.75 Å². The summed E-state index contributed by atoms with van der Waals surface area (Å²) in [5, 5.41) is 12.5. The molecule has 4 rings (SSSR count). The zero-order chi connectivity index (χ0) is 15.8. The van der Waals surface area contributed by atoms with Gasteiger partial charge in [0.2, 0.25) is 0 Å². The number of carbonyl (C=O) groups is 1. The van der Waals surface area contributed by atoms with Gasteiger partial charge in [-0.25, -0.2) is 4.98 Å². The lowest BCUT2D eigenvalue weighted by Gasteiger charge is -2.30. The van der Waals surface area contributed by atoms with Gasteiger partial charge in [0, 0.05) is 24.7 Å². The second kappa shape index (κ2) is 5.70. The van der Waals surface area contributed by atoms with Crippen molar-refractivity contribution in [3.8, 4) is 17.1 Å². The van der Waals surface area contributed by atoms with Crippen molar-refractivity contribution in [1.82, 2.24) is 15.2 Å². The Kier molecular flexibility index (Phi) is 3.53. The first-order chi connectivity index (χ1) is 11.2. The molecule has 120 valence electrons. The smallest absolute Gasteiger partial charge is 0.307 e. The van der Waals surface area contributed by atoms with E-state index in [9.17, 15) is 9.90 Å². The standard InChI is InChI=1S/C17H19N3O3/c21-14-3-1-2-12(7-14)15-8-18-17(23-15)16(22)19-13-6-11-4-5-20(9-11)10-13/h1-3,7-8,11,13,21H,4-6,9-10H2,(H,19,22)/t11-,13+/m1/s1. The number of oxazole rings is 1. The van der Waals surface area contributed by atoms with Crippen LogP contribution in [0.15, 0.2) is 34.9 Å². The fourth-order valence-corrected chi connectivity index (χ4v) is 3.58. The fraction of sp³-hybridized carbons (Fsp3) is 0.412. The molecule has 6 heteroatoms. The molecule has 2 aromatic rings. The van der Waals surface area contributed by atoms with E-state index in [1.54, 1.807) is 24.3 Å². The van der Waals surface area contributed by atoms with Gasteiger partial charge in [-0.3, -0.25) is 4.79 Å². The second-order valence-electron chi connectivity index (χ2n) is 6.40. The van der Waals surface area contributed by atoms with Crippen molar-refractivity contribution in [3.05, 3.63) is 36.4 Å². The average molecular weight is 313 g/mol. The average Bonchev–Trinajstić information content (AvgIpc) is 3.14. The highest BCUT2D eigenvalue weighted by Crippen LogP contribution is 2.27. The minimum absolute atomic E-state index is 0.0660. The molecule has 2 bridgehead atoms. The van der Waals surface area contributed by atoms with Crippen LogP contribution < -0.4 is 5.32 Å². The van der Waals surface area contributed by atoms with E-state index in [-0.39, 0.29) is 23.6 Å². The lowest BCUT2D eigenvalue weighted by Crippen LogP contribution is -2.47. The number of hydrogen-bond acceptors (Lipinski definition) is 5. The first kappa shape index (κ1) is 14.3. The van der Waals surface area contributed by atoms with Crippen molar-refractivity contribution in [2.24, 2.45) is 5.92 Å². The van der Waals surface area contributed by atoms with E-state index >= 15 is 0 Å². The molecular formula is C17H19N3O3. The summed E-state index contributed by atoms with van der Waals surface area (Å²) in [5.41, 5.74) is 0.693. The fourth-order valence-electron chi connectivity index (χ4n) is 3.58. The Morgan fingerprint density at radius 1 is 1.39 bits per heavy atom. The number of piperidine rings is 1. The third-order valence-electron chi connectivity index (χ3n) is 4.63. The van der Waals surface area contributed by atoms with E-state index in [1.165, 1.54) is 12.6 Å². The molecule has 0 aliphatic carbocycles. The molecule has 2 aliphatic heterocycles. The van der Waals surface area contributed by atoms with Gasteiger partial charge >= 0.3 is 5.91 Å². The summed E-state index contributed by atoms with van der Waals surface area (Å²) in [6.45, 7) is 3.20. The van der Waals surface area contributed by atoms with Crippen LogP contribution in [0.25, 0.3) is 11.3 Å². The lowest BCUT2D eigenvalue weighted by molar-refractivity contribution is 0.0875. The highest BCUT2D eigenvalue weighted by atomic mass is 16.4. The van der Waals surface area contributed by atoms with E-state index in [2.05, 4.69) is 15.2 Å². The van der Waals surface area contributed by atoms with Crippen LogP contribution in [-0.2, 0) is 0 Å². The van der Waals surface area contributed by atoms with E-state index in [1.807, 2.05) is 0 Å². The zero-order valence-electron chi connectivity index (χ0n) is 12.7. The minimum atomic E-state index is -0.274. The Morgan fingerprint density at radius 3 is 3.13 bits per heavy atom. The number of nitrogens with one attached hydrogen (secondary N) is 1. The topological polar surface area (TPSA) is 78.6 Å². The van der Waals surface area contributed by atoms with Gasteiger partial charge in [-0.1, -0.05) is 12.1 Å². The van der Waals surface area contributed by atoms with E-state index in [0.29, 0.717) is 17.2 Å². The summed E-state index contributed by atoms with van der Waals surface area (Å²) in [5.74, 6) is 1.11. The number of hydrogen-bond donors (Lipinski definition) is 2. The number of aromatic nitrogens is 1. The number of phenolic OH excluding ortho intramolecular Hbond substituents is 1. The SMILES string of the molecule is O=C(N[C@H]1C[C@H]2CCN(C2)C1)c1ncc(-c2cccc(O)c2)o1. The van der Waals surface area contributed by atoms with Gasteiger partial charge in [0.15, 0.2) is 5.76 Å². The van der Waals surface area contributed by atoms with E-state index in [4.69, 9.17) is 4.42 Å². The van der Waals surface area contributed by atoms with Gasteiger partial charge in [0.1, 0.15) is 5.75 Å². The highest BCUT2D eigenvalue weighted by molar-refractivity contribution is 5.90. The van der Waals surface area contributed by atoms with Crippen LogP contribution in [0.2, 0.25) is 0 Å². The van der Waals surface area contributed by atoms with Crippen molar-refractivity contribution < 1.29 is 14.3 Å². The van der Waals surface area contributed by atoms with Crippen molar-refractivity contribution in [2.45, 2.75) is 18.9 Å². The number of rotatable bonds is 3. The predicted molar refractivity (Wildman–Crippen MR) is 84.0 cm³/mol. The van der Waals surface area contributed by atoms with Crippen LogP contribution in [0.4, 0.5) is 0 Å². The number of nitrogens with zero attached hydrogens (tertiary/aromatic N) is 2. The first-order valence-electron chi connectivity index (χ1n) is 7.96. The van der Waals surface area contributed by atoms with Gasteiger partial charge < -0.3 is 19.7 Å². The maximum absolute atomic E-state index is 12.3. The number of benzene rings is 1. The maximum Gasteiger partial charge on any atom is 0.307 e. The highest BCUT2D eigenvalue weighted by Gasteiger charge is 2.33. The largest absolute Gasteiger partial charge is 0.508 e. The summed E-state index contributed by atoms with van der Waals surface area (Å²) in [6.07, 6.45) is 3.77. The molecule has 1 aromatic heterocycles. The summed E-state index contributed by atoms with van der Waals surface area (Å²) in [4.78, 5) is 18.8. The molecule has 1 aromatic carbocycles. The molecule has 3 heterocycles. The predicted octanol–water partition coefficient (Wildman–Crippen LogP) is 1.87. The molecule has 0 radical (unpaired) electrons. The maximum atomic E-state index is 12.3. The number of aromatic hydroxyl groups is 1. The first-order valence-corrected chi connectivity index (χ1v) is 7.96. The Hall–Kier alpha value is -2.34. The number of carbonyl (C=O) groups excluding carboxylic acids is 1. The molecule has 0 spiro atoms. The molecule has 1 amide bonds. The number of fused-ring (bicyclic) bond motifs is 2. The van der Waals surface area contributed by atoms with Crippen LogP contribution in [-0.4, -0.2) is 46.6 Å². The quantitative estimate of drug-likeness (QED) is 0.904. The molecule has 2 fully saturated rings. The van der Waals surface area contributed by atoms with Gasteiger partial charge in [-0.2, -0.15) is 0 Å². The molecule has 3 atom stereocenters. The van der Waals surface area contributed by atoms with Crippen LogP contribution in [0, 0.1) is 5.92 Å². The molecular weight excluding hydrogens is 294 g/mol. The van der Waals surface area contributed by atoms with Crippen molar-refractivity contribution in [3.63, 3.8) is 0 Å². The van der Waals surface area contributed by atoms with Crippen LogP contribution >= 0.6 is 0 Å². The Balaban J connectivity index is 1.45. The minimum Gasteiger partial charge on any atom is -0.508 e. The second-order valence-corrected chi connectivity index (χ2v) is 6.40. The van der Waals surface area contributed by atoms with Gasteiger partial charge in [0.25, 0.3) is 5.89 Å². The van der Waals surface area contributed by atoms with Crippen LogP contribution in [0.1, 0.15) is 23.5 Å². The number of phenols is 1. The van der Waals surface area contributed by atoms with Crippen LogP contribution in [0.3, 0.4) is 0 Å². The molecule has 2 aliphatic rings. The summed E-state index contributed by atoms with van der Waals surface area (Å²) < 4.78 is 5.55. The Labute approximate surface area is 134 Å². The summed E-state index contributed by atoms with van der Waals surface area (Å²) in [7, 11) is 0. The summed E-state index contributed by atoms with van der Waals surface area (Å²) in [6, 6.07) is 6.85. The third kappa shape index (κ3) is 2.94. The molecule has 2 N–H and O–H groups in total. The van der Waals surface area contributed by atoms with Crippen molar-refractivity contribution >= 4 is 5.91 Å². The molecule has 23 heavy (non-hydrogen) atoms. The lowest BCUT2D eigenvalue weighted by atomic mass is 9.97. The van der Waals surface area contributed by atoms with E-state index < -0.39 is 0 Å². The monoisotopic (exact) mass is 313 g/mol. The Morgan fingerprint density at radius 2 is 2.30 bits per heavy atom. The van der Waals surface area contributed by atoms with Crippen molar-refractivity contribution in [2.75, 3.05) is 19.6 Å². The van der Waals surface area contributed by atoms with Gasteiger partial charge in [-0.15, -0.1) is 0 Å².